The maximum absolute atomic E-state index is 8.42. The Bertz CT molecular complexity index is 71.7. The standard InChI is InChI=1S/C8H16O2/c1-2-10-8-6-4-3-5-7-9/h2,9H,1,3-8H2. The van der Waals surface area contributed by atoms with Crippen molar-refractivity contribution in [2.75, 3.05) is 13.2 Å². The van der Waals surface area contributed by atoms with E-state index in [0.29, 0.717) is 6.61 Å². The van der Waals surface area contributed by atoms with Crippen molar-refractivity contribution >= 4 is 0 Å². The summed E-state index contributed by atoms with van der Waals surface area (Å²) < 4.78 is 4.92. The zero-order valence-corrected chi connectivity index (χ0v) is 6.38. The third-order valence-corrected chi connectivity index (χ3v) is 1.29. The molecular formula is C8H16O2. The molecule has 0 radical (unpaired) electrons. The van der Waals surface area contributed by atoms with E-state index >= 15 is 0 Å². The fraction of sp³-hybridized carbons (Fsp3) is 0.750. The van der Waals surface area contributed by atoms with Gasteiger partial charge in [-0.3, -0.25) is 0 Å². The lowest BCUT2D eigenvalue weighted by atomic mass is 10.2. The second kappa shape index (κ2) is 8.50. The molecule has 0 unspecified atom stereocenters. The molecule has 0 fully saturated rings. The molecule has 0 aliphatic rings. The van der Waals surface area contributed by atoms with Crippen LogP contribution in [-0.2, 0) is 4.74 Å². The molecule has 0 aromatic heterocycles. The topological polar surface area (TPSA) is 29.5 Å². The van der Waals surface area contributed by atoms with Gasteiger partial charge in [-0.2, -0.15) is 0 Å². The van der Waals surface area contributed by atoms with Gasteiger partial charge in [-0.25, -0.2) is 0 Å². The molecule has 0 bridgehead atoms. The molecule has 0 saturated heterocycles. The zero-order chi connectivity index (χ0) is 7.66. The van der Waals surface area contributed by atoms with Crippen LogP contribution in [0.3, 0.4) is 0 Å². The van der Waals surface area contributed by atoms with E-state index in [1.54, 1.807) is 0 Å². The average Bonchev–Trinajstić information content (AvgIpc) is 1.97. The number of unbranched alkanes of at least 4 members (excludes halogenated alkanes) is 3. The van der Waals surface area contributed by atoms with Crippen LogP contribution >= 0.6 is 0 Å². The SMILES string of the molecule is C=COCCCCCCO. The van der Waals surface area contributed by atoms with Crippen LogP contribution in [0, 0.1) is 0 Å². The lowest BCUT2D eigenvalue weighted by Crippen LogP contribution is -1.88. The maximum atomic E-state index is 8.42. The first-order valence-corrected chi connectivity index (χ1v) is 3.75. The van der Waals surface area contributed by atoms with Crippen LogP contribution in [0.4, 0.5) is 0 Å². The van der Waals surface area contributed by atoms with E-state index in [1.807, 2.05) is 0 Å². The van der Waals surface area contributed by atoms with Crippen molar-refractivity contribution in [3.05, 3.63) is 12.8 Å². The molecule has 0 aromatic carbocycles. The van der Waals surface area contributed by atoms with Crippen molar-refractivity contribution in [3.63, 3.8) is 0 Å². The molecule has 0 heterocycles. The van der Waals surface area contributed by atoms with Crippen molar-refractivity contribution in [1.82, 2.24) is 0 Å². The monoisotopic (exact) mass is 144 g/mol. The van der Waals surface area contributed by atoms with Crippen LogP contribution in [0.15, 0.2) is 12.8 Å². The summed E-state index contributed by atoms with van der Waals surface area (Å²) in [5.41, 5.74) is 0. The highest BCUT2D eigenvalue weighted by Gasteiger charge is 1.87. The van der Waals surface area contributed by atoms with Crippen molar-refractivity contribution in [2.45, 2.75) is 25.7 Å². The maximum Gasteiger partial charge on any atom is 0.0873 e. The highest BCUT2D eigenvalue weighted by molar-refractivity contribution is 4.49. The summed E-state index contributed by atoms with van der Waals surface area (Å²) >= 11 is 0. The predicted molar refractivity (Wildman–Crippen MR) is 41.7 cm³/mol. The summed E-state index contributed by atoms with van der Waals surface area (Å²) in [6, 6.07) is 0. The summed E-state index contributed by atoms with van der Waals surface area (Å²) in [6.07, 6.45) is 5.66. The number of rotatable bonds is 7. The Hall–Kier alpha value is -0.500. The minimum Gasteiger partial charge on any atom is -0.502 e. The van der Waals surface area contributed by atoms with Crippen LogP contribution < -0.4 is 0 Å². The van der Waals surface area contributed by atoms with Crippen molar-refractivity contribution in [2.24, 2.45) is 0 Å². The van der Waals surface area contributed by atoms with Crippen molar-refractivity contribution in [3.8, 4) is 0 Å². The Morgan fingerprint density at radius 3 is 2.50 bits per heavy atom. The smallest absolute Gasteiger partial charge is 0.0873 e. The highest BCUT2D eigenvalue weighted by Crippen LogP contribution is 1.98. The molecular weight excluding hydrogens is 128 g/mol. The number of ether oxygens (including phenoxy) is 1. The minimum absolute atomic E-state index is 0.308. The second-order valence-electron chi connectivity index (χ2n) is 2.18. The quantitative estimate of drug-likeness (QED) is 0.435. The molecule has 2 nitrogen and oxygen atoms in total. The molecule has 10 heavy (non-hydrogen) atoms. The van der Waals surface area contributed by atoms with E-state index in [0.717, 1.165) is 32.3 Å². The Morgan fingerprint density at radius 1 is 1.20 bits per heavy atom. The molecule has 0 aliphatic heterocycles. The third kappa shape index (κ3) is 7.50. The largest absolute Gasteiger partial charge is 0.502 e. The Balaban J connectivity index is 2.70. The first-order valence-electron chi connectivity index (χ1n) is 3.75. The normalized spacial score (nSPS) is 9.30. The van der Waals surface area contributed by atoms with Gasteiger partial charge in [0.2, 0.25) is 0 Å². The summed E-state index contributed by atoms with van der Waals surface area (Å²) in [5, 5.41) is 8.42. The summed E-state index contributed by atoms with van der Waals surface area (Å²) in [7, 11) is 0. The summed E-state index contributed by atoms with van der Waals surface area (Å²) in [6.45, 7) is 4.50. The highest BCUT2D eigenvalue weighted by atomic mass is 16.5. The first kappa shape index (κ1) is 9.50. The molecule has 0 spiro atoms. The Morgan fingerprint density at radius 2 is 1.90 bits per heavy atom. The van der Waals surface area contributed by atoms with Crippen LogP contribution in [0.1, 0.15) is 25.7 Å². The van der Waals surface area contributed by atoms with Crippen LogP contribution in [0.5, 0.6) is 0 Å². The lowest BCUT2D eigenvalue weighted by molar-refractivity contribution is 0.237. The number of hydrogen-bond acceptors (Lipinski definition) is 2. The second-order valence-corrected chi connectivity index (χ2v) is 2.18. The fourth-order valence-corrected chi connectivity index (χ4v) is 0.734. The van der Waals surface area contributed by atoms with Gasteiger partial charge in [0.15, 0.2) is 0 Å². The van der Waals surface area contributed by atoms with E-state index in [2.05, 4.69) is 6.58 Å². The molecule has 1 N–H and O–H groups in total. The zero-order valence-electron chi connectivity index (χ0n) is 6.38. The van der Waals surface area contributed by atoms with Gasteiger partial charge >= 0.3 is 0 Å². The Labute approximate surface area is 62.5 Å². The average molecular weight is 144 g/mol. The minimum atomic E-state index is 0.308. The molecule has 0 amide bonds. The number of aliphatic hydroxyl groups is 1. The third-order valence-electron chi connectivity index (χ3n) is 1.29. The van der Waals surface area contributed by atoms with Gasteiger partial charge in [-0.05, 0) is 19.3 Å². The predicted octanol–water partition coefficient (Wildman–Crippen LogP) is 1.70. The van der Waals surface area contributed by atoms with E-state index in [1.165, 1.54) is 6.26 Å². The van der Waals surface area contributed by atoms with Crippen LogP contribution in [-0.4, -0.2) is 18.3 Å². The van der Waals surface area contributed by atoms with Crippen LogP contribution in [0.25, 0.3) is 0 Å². The van der Waals surface area contributed by atoms with Gasteiger partial charge in [0.25, 0.3) is 0 Å². The lowest BCUT2D eigenvalue weighted by Gasteiger charge is -1.98. The first-order chi connectivity index (χ1) is 4.91. The van der Waals surface area contributed by atoms with E-state index in [4.69, 9.17) is 9.84 Å². The van der Waals surface area contributed by atoms with Gasteiger partial charge in [0, 0.05) is 6.61 Å². The van der Waals surface area contributed by atoms with E-state index in [9.17, 15) is 0 Å². The molecule has 60 valence electrons. The van der Waals surface area contributed by atoms with Gasteiger partial charge in [-0.15, -0.1) is 0 Å². The van der Waals surface area contributed by atoms with Gasteiger partial charge in [-0.1, -0.05) is 13.0 Å². The van der Waals surface area contributed by atoms with Gasteiger partial charge < -0.3 is 9.84 Å². The van der Waals surface area contributed by atoms with Crippen molar-refractivity contribution < 1.29 is 9.84 Å². The van der Waals surface area contributed by atoms with Gasteiger partial charge in [0.1, 0.15) is 0 Å². The summed E-state index contributed by atoms with van der Waals surface area (Å²) in [5.74, 6) is 0. The number of aliphatic hydroxyl groups excluding tert-OH is 1. The molecule has 2 heteroatoms. The Kier molecular flexibility index (Phi) is 8.07. The van der Waals surface area contributed by atoms with Gasteiger partial charge in [0.05, 0.1) is 12.9 Å². The summed E-state index contributed by atoms with van der Waals surface area (Å²) in [4.78, 5) is 0. The van der Waals surface area contributed by atoms with Crippen LogP contribution in [0.2, 0.25) is 0 Å². The molecule has 0 rings (SSSR count). The van der Waals surface area contributed by atoms with Crippen molar-refractivity contribution in [1.29, 1.82) is 0 Å². The molecule has 0 saturated carbocycles. The molecule has 0 aromatic rings. The fourth-order valence-electron chi connectivity index (χ4n) is 0.734. The van der Waals surface area contributed by atoms with E-state index < -0.39 is 0 Å². The number of hydrogen-bond donors (Lipinski definition) is 1. The van der Waals surface area contributed by atoms with E-state index in [-0.39, 0.29) is 0 Å². The molecule has 0 atom stereocenters. The molecule has 0 aliphatic carbocycles.